The van der Waals surface area contributed by atoms with E-state index in [9.17, 15) is 4.79 Å². The summed E-state index contributed by atoms with van der Waals surface area (Å²) in [5, 5.41) is 3.34. The van der Waals surface area contributed by atoms with Crippen LogP contribution in [0, 0.1) is 11.8 Å². The molecule has 1 aliphatic rings. The smallest absolute Gasteiger partial charge is 0.323 e. The summed E-state index contributed by atoms with van der Waals surface area (Å²) in [6.07, 6.45) is 5.30. The van der Waals surface area contributed by atoms with Crippen molar-refractivity contribution < 1.29 is 9.53 Å². The van der Waals surface area contributed by atoms with Gasteiger partial charge in [-0.15, -0.1) is 0 Å². The Bertz CT molecular complexity index is 198. The van der Waals surface area contributed by atoms with E-state index in [1.54, 1.807) is 0 Å². The van der Waals surface area contributed by atoms with Crippen molar-refractivity contribution in [2.24, 2.45) is 11.8 Å². The average molecular weight is 213 g/mol. The van der Waals surface area contributed by atoms with Crippen LogP contribution in [0.2, 0.25) is 0 Å². The third-order valence-corrected chi connectivity index (χ3v) is 3.22. The maximum Gasteiger partial charge on any atom is 0.323 e. The quantitative estimate of drug-likeness (QED) is 0.709. The summed E-state index contributed by atoms with van der Waals surface area (Å²) in [5.74, 6) is 0.915. The molecule has 1 rings (SSSR count). The van der Waals surface area contributed by atoms with Crippen LogP contribution in [0.5, 0.6) is 0 Å². The van der Waals surface area contributed by atoms with Crippen LogP contribution in [0.4, 0.5) is 0 Å². The molecule has 0 aromatic rings. The molecule has 0 radical (unpaired) electrons. The van der Waals surface area contributed by atoms with E-state index in [1.807, 2.05) is 13.8 Å². The predicted molar refractivity (Wildman–Crippen MR) is 60.6 cm³/mol. The molecule has 3 heteroatoms. The van der Waals surface area contributed by atoms with Crippen molar-refractivity contribution in [1.82, 2.24) is 5.32 Å². The summed E-state index contributed by atoms with van der Waals surface area (Å²) in [6.45, 7) is 5.05. The zero-order valence-corrected chi connectivity index (χ0v) is 10.1. The molecule has 1 atom stereocenters. The highest BCUT2D eigenvalue weighted by Crippen LogP contribution is 2.24. The summed E-state index contributed by atoms with van der Waals surface area (Å²) in [6, 6.07) is -0.143. The second-order valence-corrected chi connectivity index (χ2v) is 4.80. The lowest BCUT2D eigenvalue weighted by molar-refractivity contribution is -0.144. The van der Waals surface area contributed by atoms with Gasteiger partial charge in [0.15, 0.2) is 0 Å². The third-order valence-electron chi connectivity index (χ3n) is 3.22. The summed E-state index contributed by atoms with van der Waals surface area (Å²) in [5.41, 5.74) is 0. The lowest BCUT2D eigenvalue weighted by Crippen LogP contribution is -2.43. The lowest BCUT2D eigenvalue weighted by Gasteiger charge is -2.21. The predicted octanol–water partition coefficient (Wildman–Crippen LogP) is 1.96. The van der Waals surface area contributed by atoms with Crippen molar-refractivity contribution in [3.63, 3.8) is 0 Å². The van der Waals surface area contributed by atoms with Crippen molar-refractivity contribution in [2.45, 2.75) is 45.6 Å². The Kier molecular flexibility index (Phi) is 5.09. The number of nitrogens with one attached hydrogen (secondary N) is 1. The number of rotatable bonds is 5. The van der Waals surface area contributed by atoms with Crippen molar-refractivity contribution in [3.05, 3.63) is 0 Å². The van der Waals surface area contributed by atoms with Gasteiger partial charge in [-0.1, -0.05) is 26.7 Å². The fourth-order valence-electron chi connectivity index (χ4n) is 2.23. The lowest BCUT2D eigenvalue weighted by atomic mass is 10.0. The van der Waals surface area contributed by atoms with Gasteiger partial charge in [-0.2, -0.15) is 0 Å². The topological polar surface area (TPSA) is 38.3 Å². The van der Waals surface area contributed by atoms with Crippen LogP contribution in [-0.4, -0.2) is 25.7 Å². The molecule has 15 heavy (non-hydrogen) atoms. The molecule has 88 valence electrons. The summed E-state index contributed by atoms with van der Waals surface area (Å²) >= 11 is 0. The molecule has 0 aliphatic heterocycles. The van der Waals surface area contributed by atoms with E-state index in [-0.39, 0.29) is 12.0 Å². The van der Waals surface area contributed by atoms with E-state index < -0.39 is 0 Å². The first-order valence-corrected chi connectivity index (χ1v) is 5.96. The summed E-state index contributed by atoms with van der Waals surface area (Å²) in [7, 11) is 1.45. The standard InChI is InChI=1S/C12H23NO2/c1-9(2)11(12(14)15-3)13-8-10-6-4-5-7-10/h9-11,13H,4-8H2,1-3H3. The zero-order valence-electron chi connectivity index (χ0n) is 10.1. The largest absolute Gasteiger partial charge is 0.468 e. The summed E-state index contributed by atoms with van der Waals surface area (Å²) < 4.78 is 4.79. The molecule has 3 nitrogen and oxygen atoms in total. The van der Waals surface area contributed by atoms with Crippen LogP contribution < -0.4 is 5.32 Å². The number of ether oxygens (including phenoxy) is 1. The third kappa shape index (κ3) is 3.82. The first-order chi connectivity index (χ1) is 7.15. The molecule has 0 amide bonds. The Morgan fingerprint density at radius 3 is 2.47 bits per heavy atom. The van der Waals surface area contributed by atoms with E-state index in [0.29, 0.717) is 5.92 Å². The van der Waals surface area contributed by atoms with E-state index >= 15 is 0 Å². The van der Waals surface area contributed by atoms with E-state index in [4.69, 9.17) is 4.74 Å². The average Bonchev–Trinajstić information content (AvgIpc) is 2.70. The van der Waals surface area contributed by atoms with Gasteiger partial charge >= 0.3 is 5.97 Å². The second kappa shape index (κ2) is 6.11. The Morgan fingerprint density at radius 1 is 1.40 bits per heavy atom. The van der Waals surface area contributed by atoms with Crippen LogP contribution in [0.3, 0.4) is 0 Å². The van der Waals surface area contributed by atoms with E-state index in [1.165, 1.54) is 32.8 Å². The van der Waals surface area contributed by atoms with Crippen LogP contribution in [-0.2, 0) is 9.53 Å². The molecule has 1 fully saturated rings. The molecule has 1 N–H and O–H groups in total. The van der Waals surface area contributed by atoms with E-state index in [0.717, 1.165) is 12.5 Å². The molecule has 0 aromatic heterocycles. The highest BCUT2D eigenvalue weighted by Gasteiger charge is 2.24. The van der Waals surface area contributed by atoms with Gasteiger partial charge < -0.3 is 10.1 Å². The Balaban J connectivity index is 2.33. The Hall–Kier alpha value is -0.570. The zero-order chi connectivity index (χ0) is 11.3. The molecular weight excluding hydrogens is 190 g/mol. The van der Waals surface area contributed by atoms with Gasteiger partial charge in [0.05, 0.1) is 7.11 Å². The van der Waals surface area contributed by atoms with Crippen LogP contribution in [0.25, 0.3) is 0 Å². The van der Waals surface area contributed by atoms with Crippen LogP contribution in [0.1, 0.15) is 39.5 Å². The first-order valence-electron chi connectivity index (χ1n) is 5.96. The summed E-state index contributed by atoms with van der Waals surface area (Å²) in [4.78, 5) is 11.5. The minimum absolute atomic E-state index is 0.136. The molecule has 1 unspecified atom stereocenters. The normalized spacial score (nSPS) is 19.5. The molecule has 0 spiro atoms. The number of carbonyl (C=O) groups is 1. The fraction of sp³-hybridized carbons (Fsp3) is 0.917. The second-order valence-electron chi connectivity index (χ2n) is 4.80. The Morgan fingerprint density at radius 2 is 2.00 bits per heavy atom. The van der Waals surface area contributed by atoms with Crippen molar-refractivity contribution in [2.75, 3.05) is 13.7 Å². The van der Waals surface area contributed by atoms with Gasteiger partial charge in [0.25, 0.3) is 0 Å². The Labute approximate surface area is 92.6 Å². The van der Waals surface area contributed by atoms with Gasteiger partial charge in [-0.25, -0.2) is 0 Å². The maximum atomic E-state index is 11.5. The molecule has 0 bridgehead atoms. The van der Waals surface area contributed by atoms with Gasteiger partial charge in [-0.05, 0) is 31.2 Å². The van der Waals surface area contributed by atoms with Crippen LogP contribution >= 0.6 is 0 Å². The van der Waals surface area contributed by atoms with Gasteiger partial charge in [0.2, 0.25) is 0 Å². The van der Waals surface area contributed by atoms with Gasteiger partial charge in [-0.3, -0.25) is 4.79 Å². The molecule has 0 heterocycles. The van der Waals surface area contributed by atoms with Crippen LogP contribution in [0.15, 0.2) is 0 Å². The maximum absolute atomic E-state index is 11.5. The number of methoxy groups -OCH3 is 1. The first kappa shape index (κ1) is 12.5. The van der Waals surface area contributed by atoms with Gasteiger partial charge in [0.1, 0.15) is 6.04 Å². The minimum Gasteiger partial charge on any atom is -0.468 e. The molecule has 1 saturated carbocycles. The fourth-order valence-corrected chi connectivity index (χ4v) is 2.23. The van der Waals surface area contributed by atoms with Crippen molar-refractivity contribution >= 4 is 5.97 Å². The van der Waals surface area contributed by atoms with Crippen molar-refractivity contribution in [3.8, 4) is 0 Å². The van der Waals surface area contributed by atoms with Gasteiger partial charge in [0, 0.05) is 0 Å². The number of hydrogen-bond acceptors (Lipinski definition) is 3. The molecular formula is C12H23NO2. The number of hydrogen-bond donors (Lipinski definition) is 1. The molecule has 0 saturated heterocycles. The SMILES string of the molecule is COC(=O)C(NCC1CCCC1)C(C)C. The minimum atomic E-state index is -0.143. The number of esters is 1. The molecule has 0 aromatic carbocycles. The van der Waals surface area contributed by atoms with Crippen molar-refractivity contribution in [1.29, 1.82) is 0 Å². The monoisotopic (exact) mass is 213 g/mol. The number of carbonyl (C=O) groups excluding carboxylic acids is 1. The molecule has 1 aliphatic carbocycles. The van der Waals surface area contributed by atoms with E-state index in [2.05, 4.69) is 5.32 Å². The highest BCUT2D eigenvalue weighted by molar-refractivity contribution is 5.75. The highest BCUT2D eigenvalue weighted by atomic mass is 16.5.